The minimum atomic E-state index is -1.40. The number of unbranched alkanes of at least 4 members (excludes halogenated alkanes) is 1. The molecule has 0 saturated heterocycles. The van der Waals surface area contributed by atoms with Gasteiger partial charge in [0.1, 0.15) is 48.4 Å². The summed E-state index contributed by atoms with van der Waals surface area (Å²) in [5.74, 6) is -2.73. The van der Waals surface area contributed by atoms with Crippen LogP contribution in [0, 0.1) is 0 Å². The number of carboxylic acids is 1. The maximum Gasteiger partial charge on any atom is 0.326 e. The molecule has 2 aliphatic rings. The average molecular weight is 868 g/mol. The van der Waals surface area contributed by atoms with Crippen molar-refractivity contribution in [3.05, 3.63) is 107 Å². The van der Waals surface area contributed by atoms with E-state index in [4.69, 9.17) is 38.3 Å². The molecule has 1 aliphatic carbocycles. The minimum Gasteiger partial charge on any atom is -0.492 e. The van der Waals surface area contributed by atoms with Crippen LogP contribution in [-0.2, 0) is 36.8 Å². The van der Waals surface area contributed by atoms with Crippen LogP contribution >= 0.6 is 11.6 Å². The van der Waals surface area contributed by atoms with Gasteiger partial charge in [0.25, 0.3) is 0 Å². The Kier molecular flexibility index (Phi) is 15.2. The fraction of sp³-hybridized carbons (Fsp3) is 0.370. The van der Waals surface area contributed by atoms with E-state index in [1.165, 1.54) is 11.9 Å². The molecular formula is C46H54ClN7O8. The lowest BCUT2D eigenvalue weighted by molar-refractivity contribution is -0.144. The SMILES string of the molecule is CN(C(=O)[C@@H](CCCCN)NC(=O)Cc1ccc(-c2ccc(Cl)cc2)cc1)[C@@H]1C(=O)NC2(CC2)C(=O)N[C@H](C(=O)O)Cc2ccc(OCCN)c(c2)-c2cc1ccc2OCCN. The number of hydrogen-bond acceptors (Lipinski definition) is 10. The fourth-order valence-electron chi connectivity index (χ4n) is 7.56. The number of likely N-dealkylation sites (N-methyl/N-ethyl adjacent to an activating group) is 1. The molecule has 1 heterocycles. The largest absolute Gasteiger partial charge is 0.492 e. The Morgan fingerprint density at radius 3 is 2.06 bits per heavy atom. The average Bonchev–Trinajstić information content (AvgIpc) is 4.05. The van der Waals surface area contributed by atoms with Gasteiger partial charge in [-0.25, -0.2) is 4.79 Å². The maximum atomic E-state index is 14.7. The highest BCUT2D eigenvalue weighted by molar-refractivity contribution is 6.30. The van der Waals surface area contributed by atoms with Crippen LogP contribution in [0.2, 0.25) is 5.02 Å². The number of benzene rings is 4. The molecule has 62 heavy (non-hydrogen) atoms. The lowest BCUT2D eigenvalue weighted by atomic mass is 9.93. The molecule has 1 spiro atoms. The number of fused-ring (bicyclic) bond motifs is 5. The highest BCUT2D eigenvalue weighted by atomic mass is 35.5. The van der Waals surface area contributed by atoms with E-state index in [0.29, 0.717) is 58.2 Å². The number of carbonyl (C=O) groups is 5. The number of nitrogens with one attached hydrogen (secondary N) is 3. The number of amides is 4. The quantitative estimate of drug-likeness (QED) is 0.0758. The van der Waals surface area contributed by atoms with E-state index >= 15 is 0 Å². The Labute approximate surface area is 365 Å². The van der Waals surface area contributed by atoms with Gasteiger partial charge in [0.15, 0.2) is 0 Å². The summed E-state index contributed by atoms with van der Waals surface area (Å²) in [5.41, 5.74) is 20.6. The van der Waals surface area contributed by atoms with Gasteiger partial charge in [0.2, 0.25) is 23.6 Å². The number of aliphatic carboxylic acids is 1. The van der Waals surface area contributed by atoms with Gasteiger partial charge in [-0.05, 0) is 103 Å². The molecule has 4 aromatic carbocycles. The van der Waals surface area contributed by atoms with Crippen molar-refractivity contribution in [1.82, 2.24) is 20.9 Å². The molecule has 0 aromatic heterocycles. The van der Waals surface area contributed by atoms with Crippen LogP contribution < -0.4 is 42.6 Å². The third-order valence-electron chi connectivity index (χ3n) is 11.1. The summed E-state index contributed by atoms with van der Waals surface area (Å²) in [6.45, 7) is 1.10. The van der Waals surface area contributed by atoms with Gasteiger partial charge in [0.05, 0.1) is 6.42 Å². The van der Waals surface area contributed by atoms with Crippen molar-refractivity contribution in [2.45, 2.75) is 68.6 Å². The van der Waals surface area contributed by atoms with Crippen LogP contribution in [0.15, 0.2) is 84.9 Å². The molecule has 0 radical (unpaired) electrons. The highest BCUT2D eigenvalue weighted by Gasteiger charge is 2.53. The summed E-state index contributed by atoms with van der Waals surface area (Å²) in [5, 5.41) is 19.3. The number of nitrogens with zero attached hydrogens (tertiary/aromatic N) is 1. The Bertz CT molecular complexity index is 2250. The summed E-state index contributed by atoms with van der Waals surface area (Å²) in [4.78, 5) is 70.7. The van der Waals surface area contributed by atoms with Gasteiger partial charge >= 0.3 is 5.97 Å². The van der Waals surface area contributed by atoms with Crippen LogP contribution in [-0.4, -0.2) is 97.1 Å². The molecule has 328 valence electrons. The third kappa shape index (κ3) is 11.1. The summed E-state index contributed by atoms with van der Waals surface area (Å²) in [6, 6.07) is 21.5. The predicted octanol–water partition coefficient (Wildman–Crippen LogP) is 3.48. The number of hydrogen-bond donors (Lipinski definition) is 7. The zero-order valence-corrected chi connectivity index (χ0v) is 35.4. The van der Waals surface area contributed by atoms with Gasteiger partial charge in [-0.2, -0.15) is 0 Å². The van der Waals surface area contributed by atoms with E-state index in [0.717, 1.165) is 16.7 Å². The second kappa shape index (κ2) is 20.7. The smallest absolute Gasteiger partial charge is 0.326 e. The first-order chi connectivity index (χ1) is 29.9. The summed E-state index contributed by atoms with van der Waals surface area (Å²) < 4.78 is 12.1. The summed E-state index contributed by atoms with van der Waals surface area (Å²) >= 11 is 6.06. The van der Waals surface area contributed by atoms with Crippen molar-refractivity contribution >= 4 is 41.2 Å². The number of carboxylic acid groups (broad SMARTS) is 1. The molecule has 4 aromatic rings. The maximum absolute atomic E-state index is 14.7. The number of rotatable bonds is 17. The second-order valence-electron chi connectivity index (χ2n) is 15.6. The van der Waals surface area contributed by atoms with E-state index < -0.39 is 53.3 Å². The molecule has 4 bridgehead atoms. The fourth-order valence-corrected chi connectivity index (χ4v) is 7.69. The Morgan fingerprint density at radius 2 is 1.47 bits per heavy atom. The van der Waals surface area contributed by atoms with E-state index in [1.54, 1.807) is 36.4 Å². The van der Waals surface area contributed by atoms with Crippen molar-refractivity contribution in [2.24, 2.45) is 17.2 Å². The van der Waals surface area contributed by atoms with Gasteiger partial charge in [-0.15, -0.1) is 0 Å². The number of ether oxygens (including phenoxy) is 2. The van der Waals surface area contributed by atoms with Crippen molar-refractivity contribution in [2.75, 3.05) is 39.9 Å². The standard InChI is InChI=1S/C46H54ClN7O8/c1-54(43(57)36(4-2-3-19-48)51-40(55)26-28-5-8-30(9-6-28)31-10-13-33(47)14-11-31)41-32-12-16-39(62-23-21-50)35(27-32)34-24-29(7-15-38(34)61-22-20-49)25-37(44(58)59)52-45(60)46(17-18-46)53-42(41)56/h5-16,24,27,36-37,41H,2-4,17-23,25-26,48-50H2,1H3,(H,51,55)(H,52,60)(H,53,56)(H,58,59)/t36-,37+,41+/m1/s1. The molecule has 1 aliphatic heterocycles. The number of halogens is 1. The van der Waals surface area contributed by atoms with Gasteiger partial charge < -0.3 is 52.6 Å². The van der Waals surface area contributed by atoms with E-state index in [9.17, 15) is 29.1 Å². The van der Waals surface area contributed by atoms with Crippen molar-refractivity contribution < 1.29 is 38.6 Å². The van der Waals surface area contributed by atoms with E-state index in [-0.39, 0.29) is 58.4 Å². The van der Waals surface area contributed by atoms with Gasteiger partial charge in [-0.3, -0.25) is 19.2 Å². The number of carbonyl (C=O) groups excluding carboxylic acids is 4. The first-order valence-corrected chi connectivity index (χ1v) is 21.1. The Balaban J connectivity index is 1.37. The first-order valence-electron chi connectivity index (χ1n) is 20.8. The van der Waals surface area contributed by atoms with Gasteiger partial charge in [0, 0.05) is 42.7 Å². The zero-order chi connectivity index (χ0) is 44.4. The van der Waals surface area contributed by atoms with Crippen LogP contribution in [0.3, 0.4) is 0 Å². The molecule has 4 amide bonds. The lowest BCUT2D eigenvalue weighted by Gasteiger charge is -2.33. The molecule has 6 rings (SSSR count). The normalized spacial score (nSPS) is 17.2. The van der Waals surface area contributed by atoms with Crippen molar-refractivity contribution in [1.29, 1.82) is 0 Å². The molecule has 15 nitrogen and oxygen atoms in total. The topological polar surface area (TPSA) is 241 Å². The van der Waals surface area contributed by atoms with Crippen molar-refractivity contribution in [3.8, 4) is 33.8 Å². The molecule has 3 atom stereocenters. The van der Waals surface area contributed by atoms with Crippen molar-refractivity contribution in [3.63, 3.8) is 0 Å². The van der Waals surface area contributed by atoms with E-state index in [2.05, 4.69) is 16.0 Å². The van der Waals surface area contributed by atoms with E-state index in [1.807, 2.05) is 48.5 Å². The monoisotopic (exact) mass is 867 g/mol. The van der Waals surface area contributed by atoms with Crippen LogP contribution in [0.5, 0.6) is 11.5 Å². The summed E-state index contributed by atoms with van der Waals surface area (Å²) in [7, 11) is 1.47. The molecule has 1 fully saturated rings. The molecule has 10 N–H and O–H groups in total. The molecule has 16 heteroatoms. The zero-order valence-electron chi connectivity index (χ0n) is 34.7. The minimum absolute atomic E-state index is 0.00852. The highest BCUT2D eigenvalue weighted by Crippen LogP contribution is 2.42. The van der Waals surface area contributed by atoms with Crippen LogP contribution in [0.1, 0.15) is 54.8 Å². The van der Waals surface area contributed by atoms with Crippen LogP contribution in [0.25, 0.3) is 22.3 Å². The Morgan fingerprint density at radius 1 is 0.855 bits per heavy atom. The lowest BCUT2D eigenvalue weighted by Crippen LogP contribution is -2.57. The molecule has 1 saturated carbocycles. The van der Waals surface area contributed by atoms with Gasteiger partial charge in [-0.1, -0.05) is 60.1 Å². The molecule has 0 unspecified atom stereocenters. The van der Waals surface area contributed by atoms with Crippen LogP contribution in [0.4, 0.5) is 0 Å². The summed E-state index contributed by atoms with van der Waals surface area (Å²) in [6.07, 6.45) is 1.79. The second-order valence-corrected chi connectivity index (χ2v) is 16.1. The number of nitrogens with two attached hydrogens (primary N) is 3. The first kappa shape index (κ1) is 45.5. The Hall–Kier alpha value is -6.00. The molecular weight excluding hydrogens is 814 g/mol. The predicted molar refractivity (Wildman–Crippen MR) is 235 cm³/mol. The third-order valence-corrected chi connectivity index (χ3v) is 11.3.